The lowest BCUT2D eigenvalue weighted by Gasteiger charge is -2.25. The van der Waals surface area contributed by atoms with E-state index in [0.29, 0.717) is 6.54 Å². The van der Waals surface area contributed by atoms with Gasteiger partial charge < -0.3 is 0 Å². The number of Topliss-reactive ketones (excluding diaryl/α,β-unsaturated/α-hetero) is 1. The molecule has 0 amide bonds. The molecule has 0 aliphatic carbocycles. The lowest BCUT2D eigenvalue weighted by Crippen LogP contribution is -2.36. The minimum absolute atomic E-state index is 0.255. The number of ketones is 1. The van der Waals surface area contributed by atoms with Crippen molar-refractivity contribution in [3.63, 3.8) is 0 Å². The molecule has 1 aliphatic rings. The van der Waals surface area contributed by atoms with Crippen LogP contribution in [0, 0.1) is 0 Å². The van der Waals surface area contributed by atoms with Crippen molar-refractivity contribution in [2.75, 3.05) is 31.1 Å². The Kier molecular flexibility index (Phi) is 5.26. The van der Waals surface area contributed by atoms with Gasteiger partial charge in [-0.15, -0.1) is 0 Å². The molecule has 0 saturated carbocycles. The van der Waals surface area contributed by atoms with Crippen LogP contribution in [0.2, 0.25) is 0 Å². The molecule has 18 heavy (non-hydrogen) atoms. The number of carbonyl (C=O) groups is 1. The normalized spacial score (nSPS) is 16.7. The minimum atomic E-state index is 0.255. The Morgan fingerprint density at radius 1 is 1.22 bits per heavy atom. The molecule has 1 aromatic carbocycles. The van der Waals surface area contributed by atoms with E-state index < -0.39 is 0 Å². The van der Waals surface area contributed by atoms with Gasteiger partial charge in [0.1, 0.15) is 0 Å². The quantitative estimate of drug-likeness (QED) is 0.762. The molecule has 98 valence electrons. The van der Waals surface area contributed by atoms with Crippen LogP contribution in [0.25, 0.3) is 0 Å². The fraction of sp³-hybridized carbons (Fsp3) is 0.533. The topological polar surface area (TPSA) is 20.3 Å². The number of aryl methyl sites for hydroxylation is 1. The molecular formula is C15H21NOS. The predicted octanol–water partition coefficient (Wildman–Crippen LogP) is 2.87. The summed E-state index contributed by atoms with van der Waals surface area (Å²) in [6, 6.07) is 8.13. The first-order valence-corrected chi connectivity index (χ1v) is 7.87. The van der Waals surface area contributed by atoms with Gasteiger partial charge in [-0.1, -0.05) is 37.6 Å². The van der Waals surface area contributed by atoms with Crippen molar-refractivity contribution in [3.05, 3.63) is 35.4 Å². The summed E-state index contributed by atoms with van der Waals surface area (Å²) < 4.78 is 0. The average Bonchev–Trinajstić information content (AvgIpc) is 2.41. The van der Waals surface area contributed by atoms with Crippen LogP contribution in [0.1, 0.15) is 29.3 Å². The number of rotatable bonds is 5. The van der Waals surface area contributed by atoms with Gasteiger partial charge >= 0.3 is 0 Å². The van der Waals surface area contributed by atoms with Gasteiger partial charge in [-0.05, 0) is 12.0 Å². The van der Waals surface area contributed by atoms with Crippen LogP contribution < -0.4 is 0 Å². The highest BCUT2D eigenvalue weighted by molar-refractivity contribution is 7.99. The summed E-state index contributed by atoms with van der Waals surface area (Å²) in [5.74, 6) is 2.57. The molecule has 0 aromatic heterocycles. The number of hydrogen-bond donors (Lipinski definition) is 0. The fourth-order valence-corrected chi connectivity index (χ4v) is 3.18. The highest BCUT2D eigenvalue weighted by Crippen LogP contribution is 2.11. The third-order valence-corrected chi connectivity index (χ3v) is 4.23. The van der Waals surface area contributed by atoms with Crippen LogP contribution >= 0.6 is 11.8 Å². The predicted molar refractivity (Wildman–Crippen MR) is 78.5 cm³/mol. The molecule has 0 N–H and O–H groups in total. The van der Waals surface area contributed by atoms with Crippen molar-refractivity contribution < 1.29 is 4.79 Å². The monoisotopic (exact) mass is 263 g/mol. The number of thioether (sulfide) groups is 1. The Labute approximate surface area is 114 Å². The fourth-order valence-electron chi connectivity index (χ4n) is 2.20. The van der Waals surface area contributed by atoms with Crippen LogP contribution in [-0.4, -0.2) is 41.8 Å². The second kappa shape index (κ2) is 6.95. The molecule has 1 heterocycles. The molecule has 0 spiro atoms. The second-order valence-corrected chi connectivity index (χ2v) is 5.98. The van der Waals surface area contributed by atoms with Gasteiger partial charge in [-0.25, -0.2) is 0 Å². The Hall–Kier alpha value is -0.800. The molecule has 0 unspecified atom stereocenters. The van der Waals surface area contributed by atoms with E-state index in [-0.39, 0.29) is 5.78 Å². The van der Waals surface area contributed by atoms with Crippen LogP contribution in [-0.2, 0) is 6.42 Å². The maximum Gasteiger partial charge on any atom is 0.176 e. The van der Waals surface area contributed by atoms with Gasteiger partial charge in [-0.3, -0.25) is 9.69 Å². The average molecular weight is 263 g/mol. The maximum atomic E-state index is 12.1. The molecule has 0 radical (unpaired) electrons. The zero-order chi connectivity index (χ0) is 12.8. The van der Waals surface area contributed by atoms with E-state index in [2.05, 4.69) is 24.0 Å². The van der Waals surface area contributed by atoms with Gasteiger partial charge in [0.25, 0.3) is 0 Å². The molecule has 0 atom stereocenters. The molecule has 1 aromatic rings. The van der Waals surface area contributed by atoms with Crippen LogP contribution in [0.15, 0.2) is 24.3 Å². The van der Waals surface area contributed by atoms with Gasteiger partial charge in [-0.2, -0.15) is 11.8 Å². The van der Waals surface area contributed by atoms with Gasteiger partial charge in [0.2, 0.25) is 0 Å². The van der Waals surface area contributed by atoms with E-state index in [4.69, 9.17) is 0 Å². The molecule has 2 nitrogen and oxygen atoms in total. The lowest BCUT2D eigenvalue weighted by atomic mass is 10.1. The van der Waals surface area contributed by atoms with E-state index in [0.717, 1.165) is 43.0 Å². The largest absolute Gasteiger partial charge is 0.294 e. The third kappa shape index (κ3) is 3.85. The Balaban J connectivity index is 1.91. The first-order chi connectivity index (χ1) is 8.79. The zero-order valence-electron chi connectivity index (χ0n) is 11.0. The Morgan fingerprint density at radius 3 is 2.50 bits per heavy atom. The lowest BCUT2D eigenvalue weighted by molar-refractivity contribution is 0.0937. The van der Waals surface area contributed by atoms with Crippen molar-refractivity contribution in [2.45, 2.75) is 19.8 Å². The molecule has 3 heteroatoms. The van der Waals surface area contributed by atoms with Crippen molar-refractivity contribution in [2.24, 2.45) is 0 Å². The van der Waals surface area contributed by atoms with Crippen LogP contribution in [0.5, 0.6) is 0 Å². The summed E-state index contributed by atoms with van der Waals surface area (Å²) in [7, 11) is 0. The van der Waals surface area contributed by atoms with E-state index >= 15 is 0 Å². The summed E-state index contributed by atoms with van der Waals surface area (Å²) in [5, 5.41) is 0. The number of benzene rings is 1. The van der Waals surface area contributed by atoms with Crippen molar-refractivity contribution in [1.82, 2.24) is 4.90 Å². The van der Waals surface area contributed by atoms with Crippen LogP contribution in [0.4, 0.5) is 0 Å². The van der Waals surface area contributed by atoms with Crippen LogP contribution in [0.3, 0.4) is 0 Å². The third-order valence-electron chi connectivity index (χ3n) is 3.29. The summed E-state index contributed by atoms with van der Waals surface area (Å²) >= 11 is 1.98. The molecule has 1 fully saturated rings. The standard InChI is InChI=1S/C15H21NOS/c1-2-3-13-4-6-14(7-5-13)15(17)12-16-8-10-18-11-9-16/h4-7H,2-3,8-12H2,1H3. The summed E-state index contributed by atoms with van der Waals surface area (Å²) in [6.07, 6.45) is 2.25. The van der Waals surface area contributed by atoms with E-state index in [1.807, 2.05) is 23.9 Å². The first kappa shape index (κ1) is 13.6. The number of carbonyl (C=O) groups excluding carboxylic acids is 1. The zero-order valence-corrected chi connectivity index (χ0v) is 11.8. The van der Waals surface area contributed by atoms with Gasteiger partial charge in [0, 0.05) is 30.2 Å². The van der Waals surface area contributed by atoms with Gasteiger partial charge in [0.15, 0.2) is 5.78 Å². The molecule has 0 bridgehead atoms. The minimum Gasteiger partial charge on any atom is -0.294 e. The highest BCUT2D eigenvalue weighted by atomic mass is 32.2. The first-order valence-electron chi connectivity index (χ1n) is 6.72. The second-order valence-electron chi connectivity index (χ2n) is 4.76. The Morgan fingerprint density at radius 2 is 1.89 bits per heavy atom. The number of hydrogen-bond acceptors (Lipinski definition) is 3. The SMILES string of the molecule is CCCc1ccc(C(=O)CN2CCSCC2)cc1. The van der Waals surface area contributed by atoms with Crippen molar-refractivity contribution in [1.29, 1.82) is 0 Å². The highest BCUT2D eigenvalue weighted by Gasteiger charge is 2.15. The van der Waals surface area contributed by atoms with Crippen molar-refractivity contribution >= 4 is 17.5 Å². The molecule has 1 aliphatic heterocycles. The van der Waals surface area contributed by atoms with E-state index in [1.165, 1.54) is 5.56 Å². The maximum absolute atomic E-state index is 12.1. The summed E-state index contributed by atoms with van der Waals surface area (Å²) in [6.45, 7) is 4.84. The van der Waals surface area contributed by atoms with Crippen molar-refractivity contribution in [3.8, 4) is 0 Å². The molecule has 2 rings (SSSR count). The summed E-state index contributed by atoms with van der Waals surface area (Å²) in [4.78, 5) is 14.4. The number of nitrogens with zero attached hydrogens (tertiary/aromatic N) is 1. The van der Waals surface area contributed by atoms with E-state index in [1.54, 1.807) is 0 Å². The molecular weight excluding hydrogens is 242 g/mol. The van der Waals surface area contributed by atoms with Gasteiger partial charge in [0.05, 0.1) is 6.54 Å². The van der Waals surface area contributed by atoms with E-state index in [9.17, 15) is 4.79 Å². The smallest absolute Gasteiger partial charge is 0.176 e. The summed E-state index contributed by atoms with van der Waals surface area (Å²) in [5.41, 5.74) is 2.18. The Bertz CT molecular complexity index is 382. The molecule has 1 saturated heterocycles.